The minimum Gasteiger partial charge on any atom is -0.396 e. The van der Waals surface area contributed by atoms with Crippen LogP contribution in [0, 0.1) is 0 Å². The number of nitrogens with one attached hydrogen (secondary N) is 1. The van der Waals surface area contributed by atoms with E-state index >= 15 is 0 Å². The SMILES string of the molecule is CC(N)(CCO)c1ccc[nH]1. The Bertz CT molecular complexity index is 204. The minimum absolute atomic E-state index is 0.117. The average Bonchev–Trinajstić information content (AvgIpc) is 2.37. The van der Waals surface area contributed by atoms with Crippen molar-refractivity contribution in [2.24, 2.45) is 5.73 Å². The number of hydrogen-bond donors (Lipinski definition) is 3. The Morgan fingerprint density at radius 2 is 2.45 bits per heavy atom. The first-order valence-corrected chi connectivity index (χ1v) is 3.70. The van der Waals surface area contributed by atoms with E-state index in [-0.39, 0.29) is 6.61 Å². The van der Waals surface area contributed by atoms with Gasteiger partial charge in [0.1, 0.15) is 0 Å². The topological polar surface area (TPSA) is 62.0 Å². The Balaban J connectivity index is 2.73. The number of rotatable bonds is 3. The van der Waals surface area contributed by atoms with E-state index < -0.39 is 5.54 Å². The summed E-state index contributed by atoms with van der Waals surface area (Å²) in [5.74, 6) is 0. The van der Waals surface area contributed by atoms with Crippen LogP contribution in [0.3, 0.4) is 0 Å². The van der Waals surface area contributed by atoms with E-state index in [0.29, 0.717) is 6.42 Å². The summed E-state index contributed by atoms with van der Waals surface area (Å²) in [5.41, 5.74) is 6.43. The van der Waals surface area contributed by atoms with E-state index in [1.54, 1.807) is 0 Å². The maximum Gasteiger partial charge on any atom is 0.0554 e. The number of H-pyrrole nitrogens is 1. The fourth-order valence-corrected chi connectivity index (χ4v) is 1.05. The number of hydrogen-bond acceptors (Lipinski definition) is 2. The van der Waals surface area contributed by atoms with Gasteiger partial charge in [0.25, 0.3) is 0 Å². The predicted octanol–water partition coefficient (Wildman–Crippen LogP) is 0.571. The molecular weight excluding hydrogens is 140 g/mol. The molecule has 0 aromatic carbocycles. The van der Waals surface area contributed by atoms with Crippen LogP contribution < -0.4 is 5.73 Å². The zero-order chi connectivity index (χ0) is 8.32. The third-order valence-electron chi connectivity index (χ3n) is 1.84. The van der Waals surface area contributed by atoms with Gasteiger partial charge in [-0.05, 0) is 25.5 Å². The van der Waals surface area contributed by atoms with Crippen LogP contribution >= 0.6 is 0 Å². The Kier molecular flexibility index (Phi) is 2.31. The molecule has 4 N–H and O–H groups in total. The number of aromatic nitrogens is 1. The molecule has 0 bridgehead atoms. The molecule has 0 fully saturated rings. The van der Waals surface area contributed by atoms with E-state index in [9.17, 15) is 0 Å². The molecule has 0 saturated heterocycles. The van der Waals surface area contributed by atoms with Crippen molar-refractivity contribution < 1.29 is 5.11 Å². The minimum atomic E-state index is -0.432. The van der Waals surface area contributed by atoms with Crippen molar-refractivity contribution in [3.63, 3.8) is 0 Å². The smallest absolute Gasteiger partial charge is 0.0554 e. The van der Waals surface area contributed by atoms with Crippen LogP contribution in [0.2, 0.25) is 0 Å². The second-order valence-electron chi connectivity index (χ2n) is 2.97. The van der Waals surface area contributed by atoms with E-state index in [1.807, 2.05) is 25.3 Å². The molecule has 0 aliphatic carbocycles. The van der Waals surface area contributed by atoms with Gasteiger partial charge in [0, 0.05) is 18.5 Å². The molecule has 1 aromatic rings. The largest absolute Gasteiger partial charge is 0.396 e. The van der Waals surface area contributed by atoms with Gasteiger partial charge >= 0.3 is 0 Å². The molecule has 1 heterocycles. The number of aliphatic hydroxyl groups excluding tert-OH is 1. The summed E-state index contributed by atoms with van der Waals surface area (Å²) >= 11 is 0. The summed E-state index contributed by atoms with van der Waals surface area (Å²) in [6.45, 7) is 2.01. The molecule has 0 saturated carbocycles. The predicted molar refractivity (Wildman–Crippen MR) is 44.0 cm³/mol. The summed E-state index contributed by atoms with van der Waals surface area (Å²) in [5, 5.41) is 8.71. The van der Waals surface area contributed by atoms with Crippen molar-refractivity contribution in [3.05, 3.63) is 24.0 Å². The molecular formula is C8H14N2O. The molecule has 0 amide bonds. The Labute approximate surface area is 66.2 Å². The van der Waals surface area contributed by atoms with Crippen LogP contribution in [0.4, 0.5) is 0 Å². The normalized spacial score (nSPS) is 16.3. The maximum absolute atomic E-state index is 8.71. The van der Waals surface area contributed by atoms with Crippen molar-refractivity contribution in [2.45, 2.75) is 18.9 Å². The maximum atomic E-state index is 8.71. The number of aromatic amines is 1. The zero-order valence-electron chi connectivity index (χ0n) is 6.67. The van der Waals surface area contributed by atoms with Crippen LogP contribution in [-0.4, -0.2) is 16.7 Å². The van der Waals surface area contributed by atoms with Gasteiger partial charge in [-0.15, -0.1) is 0 Å². The van der Waals surface area contributed by atoms with Crippen molar-refractivity contribution in [1.82, 2.24) is 4.98 Å². The molecule has 0 aliphatic rings. The monoisotopic (exact) mass is 154 g/mol. The first-order chi connectivity index (χ1) is 5.17. The van der Waals surface area contributed by atoms with E-state index in [2.05, 4.69) is 4.98 Å². The average molecular weight is 154 g/mol. The number of aliphatic hydroxyl groups is 1. The fraction of sp³-hybridized carbons (Fsp3) is 0.500. The second kappa shape index (κ2) is 3.07. The highest BCUT2D eigenvalue weighted by Crippen LogP contribution is 2.18. The molecule has 1 atom stereocenters. The van der Waals surface area contributed by atoms with Gasteiger partial charge in [-0.1, -0.05) is 0 Å². The first-order valence-electron chi connectivity index (χ1n) is 3.70. The first kappa shape index (κ1) is 8.30. The van der Waals surface area contributed by atoms with Gasteiger partial charge in [0.15, 0.2) is 0 Å². The fourth-order valence-electron chi connectivity index (χ4n) is 1.05. The lowest BCUT2D eigenvalue weighted by Crippen LogP contribution is -2.34. The molecule has 0 radical (unpaired) electrons. The van der Waals surface area contributed by atoms with Crippen LogP contribution in [0.15, 0.2) is 18.3 Å². The third-order valence-corrected chi connectivity index (χ3v) is 1.84. The van der Waals surface area contributed by atoms with Gasteiger partial charge in [0.05, 0.1) is 5.54 Å². The highest BCUT2D eigenvalue weighted by atomic mass is 16.3. The lowest BCUT2D eigenvalue weighted by Gasteiger charge is -2.21. The molecule has 62 valence electrons. The zero-order valence-corrected chi connectivity index (χ0v) is 6.67. The van der Waals surface area contributed by atoms with Crippen molar-refractivity contribution in [1.29, 1.82) is 0 Å². The van der Waals surface area contributed by atoms with E-state index in [0.717, 1.165) is 5.69 Å². The van der Waals surface area contributed by atoms with Crippen LogP contribution in [0.5, 0.6) is 0 Å². The second-order valence-corrected chi connectivity index (χ2v) is 2.97. The highest BCUT2D eigenvalue weighted by molar-refractivity contribution is 5.13. The molecule has 0 aliphatic heterocycles. The third kappa shape index (κ3) is 1.82. The lowest BCUT2D eigenvalue weighted by atomic mass is 9.96. The highest BCUT2D eigenvalue weighted by Gasteiger charge is 2.20. The van der Waals surface area contributed by atoms with Crippen LogP contribution in [0.25, 0.3) is 0 Å². The Morgan fingerprint density at radius 3 is 2.91 bits per heavy atom. The Hall–Kier alpha value is -0.800. The van der Waals surface area contributed by atoms with Gasteiger partial charge in [0.2, 0.25) is 0 Å². The molecule has 3 heteroatoms. The van der Waals surface area contributed by atoms with Crippen molar-refractivity contribution in [2.75, 3.05) is 6.61 Å². The molecule has 1 unspecified atom stereocenters. The molecule has 11 heavy (non-hydrogen) atoms. The quantitative estimate of drug-likeness (QED) is 0.596. The number of nitrogens with two attached hydrogens (primary N) is 1. The van der Waals surface area contributed by atoms with Crippen LogP contribution in [-0.2, 0) is 5.54 Å². The van der Waals surface area contributed by atoms with Crippen LogP contribution in [0.1, 0.15) is 19.0 Å². The summed E-state index contributed by atoms with van der Waals surface area (Å²) in [6.07, 6.45) is 2.41. The van der Waals surface area contributed by atoms with Gasteiger partial charge in [-0.25, -0.2) is 0 Å². The molecule has 3 nitrogen and oxygen atoms in total. The lowest BCUT2D eigenvalue weighted by molar-refractivity contribution is 0.245. The van der Waals surface area contributed by atoms with Gasteiger partial charge < -0.3 is 15.8 Å². The van der Waals surface area contributed by atoms with Gasteiger partial charge in [-0.2, -0.15) is 0 Å². The van der Waals surface area contributed by atoms with Crippen molar-refractivity contribution in [3.8, 4) is 0 Å². The summed E-state index contributed by atoms with van der Waals surface area (Å²) in [7, 11) is 0. The molecule has 0 spiro atoms. The molecule has 1 rings (SSSR count). The van der Waals surface area contributed by atoms with E-state index in [4.69, 9.17) is 10.8 Å². The van der Waals surface area contributed by atoms with Crippen molar-refractivity contribution >= 4 is 0 Å². The van der Waals surface area contributed by atoms with E-state index in [1.165, 1.54) is 0 Å². The molecule has 1 aromatic heterocycles. The van der Waals surface area contributed by atoms with Gasteiger partial charge in [-0.3, -0.25) is 0 Å². The standard InChI is InChI=1S/C8H14N2O/c1-8(9,4-6-11)7-3-2-5-10-7/h2-3,5,10-11H,4,6,9H2,1H3. The summed E-state index contributed by atoms with van der Waals surface area (Å²) in [4.78, 5) is 3.03. The summed E-state index contributed by atoms with van der Waals surface area (Å²) in [6, 6.07) is 3.83. The summed E-state index contributed by atoms with van der Waals surface area (Å²) < 4.78 is 0. The Morgan fingerprint density at radius 1 is 1.73 bits per heavy atom.